The second kappa shape index (κ2) is 9.63. The fourth-order valence-electron chi connectivity index (χ4n) is 4.51. The first-order valence-corrected chi connectivity index (χ1v) is 11.5. The van der Waals surface area contributed by atoms with Gasteiger partial charge in [0.1, 0.15) is 0 Å². The topological polar surface area (TPSA) is 69.6 Å². The van der Waals surface area contributed by atoms with Gasteiger partial charge in [-0.1, -0.05) is 69.6 Å². The normalized spacial score (nSPS) is 21.3. The van der Waals surface area contributed by atoms with Crippen LogP contribution in [0.3, 0.4) is 0 Å². The molecule has 0 aliphatic carbocycles. The van der Waals surface area contributed by atoms with Crippen LogP contribution >= 0.6 is 11.6 Å². The minimum absolute atomic E-state index is 0.0135. The van der Waals surface area contributed by atoms with Crippen LogP contribution in [-0.4, -0.2) is 41.5 Å². The fraction of sp³-hybridized carbons (Fsp3) is 0.462. The standard InChI is InChI=1S/C26H33ClN2O3/c1-18(2)22(16-28-23(30)19-8-6-5-7-9-19)24(31)29-15-14-26(32,25(3,4)17-29)20-10-12-21(27)13-11-20/h5-13,18,22,32H,14-17H2,1-4H3,(H,28,30). The lowest BCUT2D eigenvalue weighted by molar-refractivity contribution is -0.157. The van der Waals surface area contributed by atoms with Crippen molar-refractivity contribution >= 4 is 23.4 Å². The van der Waals surface area contributed by atoms with Gasteiger partial charge in [-0.05, 0) is 42.2 Å². The summed E-state index contributed by atoms with van der Waals surface area (Å²) in [6.45, 7) is 9.14. The predicted octanol–water partition coefficient (Wildman–Crippen LogP) is 4.49. The van der Waals surface area contributed by atoms with Crippen LogP contribution in [0.15, 0.2) is 54.6 Å². The Morgan fingerprint density at radius 1 is 1.09 bits per heavy atom. The van der Waals surface area contributed by atoms with Crippen LogP contribution in [-0.2, 0) is 10.4 Å². The minimum Gasteiger partial charge on any atom is -0.384 e. The van der Waals surface area contributed by atoms with Gasteiger partial charge in [0, 0.05) is 35.6 Å². The summed E-state index contributed by atoms with van der Waals surface area (Å²) in [6, 6.07) is 16.3. The van der Waals surface area contributed by atoms with Gasteiger partial charge in [0.05, 0.1) is 11.5 Å². The highest BCUT2D eigenvalue weighted by Gasteiger charge is 2.50. The van der Waals surface area contributed by atoms with E-state index in [1.165, 1.54) is 0 Å². The van der Waals surface area contributed by atoms with Crippen molar-refractivity contribution in [3.05, 3.63) is 70.7 Å². The van der Waals surface area contributed by atoms with Crippen molar-refractivity contribution in [3.8, 4) is 0 Å². The Morgan fingerprint density at radius 2 is 1.72 bits per heavy atom. The van der Waals surface area contributed by atoms with E-state index in [0.29, 0.717) is 30.1 Å². The smallest absolute Gasteiger partial charge is 0.251 e. The number of piperidine rings is 1. The van der Waals surface area contributed by atoms with Gasteiger partial charge in [-0.25, -0.2) is 0 Å². The Labute approximate surface area is 195 Å². The Hall–Kier alpha value is -2.37. The van der Waals surface area contributed by atoms with Crippen molar-refractivity contribution in [1.82, 2.24) is 10.2 Å². The highest BCUT2D eigenvalue weighted by Crippen LogP contribution is 2.46. The molecule has 2 unspecified atom stereocenters. The van der Waals surface area contributed by atoms with Gasteiger partial charge in [0.2, 0.25) is 5.91 Å². The molecule has 6 heteroatoms. The summed E-state index contributed by atoms with van der Waals surface area (Å²) in [6.07, 6.45) is 0.439. The average Bonchev–Trinajstić information content (AvgIpc) is 2.76. The molecule has 2 amide bonds. The number of benzene rings is 2. The van der Waals surface area contributed by atoms with Crippen molar-refractivity contribution in [2.24, 2.45) is 17.3 Å². The maximum atomic E-state index is 13.4. The van der Waals surface area contributed by atoms with Crippen molar-refractivity contribution in [1.29, 1.82) is 0 Å². The van der Waals surface area contributed by atoms with Crippen molar-refractivity contribution in [2.75, 3.05) is 19.6 Å². The quantitative estimate of drug-likeness (QED) is 0.672. The van der Waals surface area contributed by atoms with Gasteiger partial charge in [-0.15, -0.1) is 0 Å². The Bertz CT molecular complexity index is 943. The summed E-state index contributed by atoms with van der Waals surface area (Å²) in [7, 11) is 0. The SMILES string of the molecule is CC(C)C(CNC(=O)c1ccccc1)C(=O)N1CCC(O)(c2ccc(Cl)cc2)C(C)(C)C1. The number of hydrogen-bond acceptors (Lipinski definition) is 3. The lowest BCUT2D eigenvalue weighted by Crippen LogP contribution is -2.58. The summed E-state index contributed by atoms with van der Waals surface area (Å²) < 4.78 is 0. The molecule has 2 aromatic carbocycles. The van der Waals surface area contributed by atoms with E-state index in [4.69, 9.17) is 11.6 Å². The highest BCUT2D eigenvalue weighted by atomic mass is 35.5. The van der Waals surface area contributed by atoms with Gasteiger partial charge in [0.25, 0.3) is 5.91 Å². The van der Waals surface area contributed by atoms with Crippen molar-refractivity contribution in [2.45, 2.75) is 39.7 Å². The highest BCUT2D eigenvalue weighted by molar-refractivity contribution is 6.30. The van der Waals surface area contributed by atoms with E-state index in [0.717, 1.165) is 5.56 Å². The second-order valence-corrected chi connectivity index (χ2v) is 10.1. The van der Waals surface area contributed by atoms with E-state index in [9.17, 15) is 14.7 Å². The lowest BCUT2D eigenvalue weighted by atomic mass is 9.66. The van der Waals surface area contributed by atoms with E-state index >= 15 is 0 Å². The predicted molar refractivity (Wildman–Crippen MR) is 127 cm³/mol. The number of hydrogen-bond donors (Lipinski definition) is 2. The van der Waals surface area contributed by atoms with Crippen molar-refractivity contribution in [3.63, 3.8) is 0 Å². The van der Waals surface area contributed by atoms with Gasteiger partial charge in [0.15, 0.2) is 0 Å². The number of likely N-dealkylation sites (tertiary alicyclic amines) is 1. The molecular weight excluding hydrogens is 424 g/mol. The van der Waals surface area contributed by atoms with Crippen LogP contribution in [0.25, 0.3) is 0 Å². The number of carbonyl (C=O) groups excluding carboxylic acids is 2. The van der Waals surface area contributed by atoms with Crippen LogP contribution in [0.2, 0.25) is 5.02 Å². The summed E-state index contributed by atoms with van der Waals surface area (Å²) in [4.78, 5) is 27.7. The molecule has 2 atom stereocenters. The molecule has 2 aromatic rings. The van der Waals surface area contributed by atoms with E-state index in [2.05, 4.69) is 5.32 Å². The van der Waals surface area contributed by atoms with Gasteiger partial charge >= 0.3 is 0 Å². The van der Waals surface area contributed by atoms with Crippen LogP contribution in [0.4, 0.5) is 0 Å². The number of carbonyl (C=O) groups is 2. The summed E-state index contributed by atoms with van der Waals surface area (Å²) in [5.74, 6) is -0.432. The molecule has 172 valence electrons. The van der Waals surface area contributed by atoms with Crippen molar-refractivity contribution < 1.29 is 14.7 Å². The van der Waals surface area contributed by atoms with Gasteiger partial charge in [-0.2, -0.15) is 0 Å². The Kier molecular flexibility index (Phi) is 7.31. The molecule has 3 rings (SSSR count). The zero-order valence-corrected chi connectivity index (χ0v) is 20.0. The third-order valence-electron chi connectivity index (χ3n) is 6.72. The molecule has 2 N–H and O–H groups in total. The number of halogens is 1. The monoisotopic (exact) mass is 456 g/mol. The van der Waals surface area contributed by atoms with E-state index in [1.807, 2.05) is 62.9 Å². The number of nitrogens with zero attached hydrogens (tertiary/aromatic N) is 1. The zero-order chi connectivity index (χ0) is 23.5. The largest absolute Gasteiger partial charge is 0.384 e. The molecular formula is C26H33ClN2O3. The molecule has 0 aromatic heterocycles. The number of aliphatic hydroxyl groups is 1. The number of amides is 2. The maximum absolute atomic E-state index is 13.4. The second-order valence-electron chi connectivity index (χ2n) is 9.69. The molecule has 1 aliphatic rings. The molecule has 0 bridgehead atoms. The van der Waals surface area contributed by atoms with Crippen LogP contribution < -0.4 is 5.32 Å². The molecule has 0 saturated carbocycles. The summed E-state index contributed by atoms with van der Waals surface area (Å²) in [5.41, 5.74) is -0.212. The molecule has 1 fully saturated rings. The third-order valence-corrected chi connectivity index (χ3v) is 6.98. The molecule has 5 nitrogen and oxygen atoms in total. The summed E-state index contributed by atoms with van der Waals surface area (Å²) >= 11 is 6.02. The van der Waals surface area contributed by atoms with Crippen LogP contribution in [0, 0.1) is 17.3 Å². The number of rotatable bonds is 6. The zero-order valence-electron chi connectivity index (χ0n) is 19.3. The molecule has 0 spiro atoms. The summed E-state index contributed by atoms with van der Waals surface area (Å²) in [5, 5.41) is 15.1. The molecule has 1 saturated heterocycles. The Morgan fingerprint density at radius 3 is 2.28 bits per heavy atom. The van der Waals surface area contributed by atoms with E-state index in [1.54, 1.807) is 24.3 Å². The van der Waals surface area contributed by atoms with Gasteiger partial charge < -0.3 is 15.3 Å². The minimum atomic E-state index is -1.05. The lowest BCUT2D eigenvalue weighted by Gasteiger charge is -2.51. The third kappa shape index (κ3) is 5.00. The number of nitrogens with one attached hydrogen (secondary N) is 1. The first-order chi connectivity index (χ1) is 15.0. The van der Waals surface area contributed by atoms with Crippen LogP contribution in [0.1, 0.15) is 50.0 Å². The first kappa shape index (κ1) is 24.3. The van der Waals surface area contributed by atoms with Gasteiger partial charge in [-0.3, -0.25) is 9.59 Å². The first-order valence-electron chi connectivity index (χ1n) is 11.2. The molecule has 32 heavy (non-hydrogen) atoms. The van der Waals surface area contributed by atoms with E-state index in [-0.39, 0.29) is 30.2 Å². The molecule has 0 radical (unpaired) electrons. The Balaban J connectivity index is 1.70. The molecule has 1 aliphatic heterocycles. The fourth-order valence-corrected chi connectivity index (χ4v) is 4.63. The molecule has 1 heterocycles. The van der Waals surface area contributed by atoms with E-state index < -0.39 is 11.0 Å². The van der Waals surface area contributed by atoms with Crippen LogP contribution in [0.5, 0.6) is 0 Å². The maximum Gasteiger partial charge on any atom is 0.251 e. The average molecular weight is 457 g/mol.